The molecule has 3 N–H and O–H groups in total. The number of rotatable bonds is 9. The van der Waals surface area contributed by atoms with Crippen LogP contribution in [0.15, 0.2) is 25.3 Å². The van der Waals surface area contributed by atoms with E-state index >= 15 is 0 Å². The normalized spacial score (nSPS) is 14.9. The molecule has 15 heavy (non-hydrogen) atoms. The van der Waals surface area contributed by atoms with Crippen molar-refractivity contribution in [2.75, 3.05) is 33.2 Å². The van der Waals surface area contributed by atoms with Gasteiger partial charge in [-0.1, -0.05) is 12.2 Å². The molecule has 0 heterocycles. The van der Waals surface area contributed by atoms with Crippen LogP contribution in [0.5, 0.6) is 0 Å². The highest BCUT2D eigenvalue weighted by atomic mass is 16.5. The average molecular weight is 214 g/mol. The Morgan fingerprint density at radius 1 is 1.27 bits per heavy atom. The molecule has 0 spiro atoms. The van der Waals surface area contributed by atoms with Crippen molar-refractivity contribution in [3.63, 3.8) is 0 Å². The maximum absolute atomic E-state index is 9.90. The summed E-state index contributed by atoms with van der Waals surface area (Å²) in [5, 5.41) is 16.4. The fraction of sp³-hybridized carbons (Fsp3) is 0.636. The van der Waals surface area contributed by atoms with E-state index in [0.29, 0.717) is 13.1 Å². The summed E-state index contributed by atoms with van der Waals surface area (Å²) < 4.78 is -0.00104. The lowest BCUT2D eigenvalue weighted by atomic mass is 10.4. The number of nitrogens with one attached hydrogen (secondary N) is 2. The summed E-state index contributed by atoms with van der Waals surface area (Å²) in [5.41, 5.74) is 0. The van der Waals surface area contributed by atoms with Gasteiger partial charge in [0.05, 0.1) is 7.05 Å². The summed E-state index contributed by atoms with van der Waals surface area (Å²) in [6, 6.07) is 0. The van der Waals surface area contributed by atoms with E-state index in [2.05, 4.69) is 23.8 Å². The van der Waals surface area contributed by atoms with Crippen molar-refractivity contribution in [2.45, 2.75) is 13.1 Å². The molecule has 4 nitrogen and oxygen atoms in total. The quantitative estimate of drug-likeness (QED) is 0.229. The zero-order valence-corrected chi connectivity index (χ0v) is 9.87. The van der Waals surface area contributed by atoms with Gasteiger partial charge in [0.2, 0.25) is 0 Å². The molecule has 0 bridgehead atoms. The highest BCUT2D eigenvalue weighted by Gasteiger charge is 2.21. The fourth-order valence-corrected chi connectivity index (χ4v) is 1.17. The maximum atomic E-state index is 9.90. The number of quaternary nitrogens is 1. The van der Waals surface area contributed by atoms with Crippen molar-refractivity contribution >= 4 is 0 Å². The molecule has 0 amide bonds. The maximum Gasteiger partial charge on any atom is 0.137 e. The average Bonchev–Trinajstić information content (AvgIpc) is 2.22. The Kier molecular flexibility index (Phi) is 7.25. The summed E-state index contributed by atoms with van der Waals surface area (Å²) in [6.07, 6.45) is 3.67. The van der Waals surface area contributed by atoms with Crippen molar-refractivity contribution in [3.05, 3.63) is 25.3 Å². The smallest absolute Gasteiger partial charge is 0.137 e. The topological polar surface area (TPSA) is 44.3 Å². The Hall–Kier alpha value is -0.680. The summed E-state index contributed by atoms with van der Waals surface area (Å²) in [4.78, 5) is 0. The van der Waals surface area contributed by atoms with Crippen LogP contribution in [0, 0.1) is 0 Å². The Morgan fingerprint density at radius 2 is 1.73 bits per heavy atom. The van der Waals surface area contributed by atoms with Crippen LogP contribution in [0.2, 0.25) is 0 Å². The minimum atomic E-state index is -0.00104. The van der Waals surface area contributed by atoms with Crippen LogP contribution in [0.1, 0.15) is 6.92 Å². The number of nitrogens with zero attached hydrogens (tertiary/aromatic N) is 1. The standard InChI is InChI=1S/C11H24N3O/c1-5-8-12-11(13-9-6-2)10-14(4,15)7-3/h5-6,11-13,15H,1-2,7-10H2,3-4H3/q+1. The van der Waals surface area contributed by atoms with E-state index in [1.165, 1.54) is 0 Å². The van der Waals surface area contributed by atoms with E-state index in [1.54, 1.807) is 19.2 Å². The molecule has 88 valence electrons. The second kappa shape index (κ2) is 7.59. The summed E-state index contributed by atoms with van der Waals surface area (Å²) in [7, 11) is 1.79. The van der Waals surface area contributed by atoms with Crippen LogP contribution < -0.4 is 10.6 Å². The summed E-state index contributed by atoms with van der Waals surface area (Å²) in [5.74, 6) is 0. The first-order valence-electron chi connectivity index (χ1n) is 5.31. The van der Waals surface area contributed by atoms with Crippen LogP contribution in [-0.2, 0) is 0 Å². The van der Waals surface area contributed by atoms with Gasteiger partial charge >= 0.3 is 0 Å². The predicted octanol–water partition coefficient (Wildman–Crippen LogP) is 0.719. The fourth-order valence-electron chi connectivity index (χ4n) is 1.17. The SMILES string of the molecule is C=CCNC(C[N+](C)(O)CC)NCC=C. The molecule has 1 atom stereocenters. The van der Waals surface area contributed by atoms with Gasteiger partial charge in [0.15, 0.2) is 0 Å². The molecule has 0 rings (SSSR count). The van der Waals surface area contributed by atoms with Crippen molar-refractivity contribution < 1.29 is 9.85 Å². The third-order valence-corrected chi connectivity index (χ3v) is 2.27. The van der Waals surface area contributed by atoms with Gasteiger partial charge in [-0.05, 0) is 6.92 Å². The lowest BCUT2D eigenvalue weighted by Gasteiger charge is -2.29. The molecular weight excluding hydrogens is 190 g/mol. The van der Waals surface area contributed by atoms with Gasteiger partial charge in [-0.25, -0.2) is 5.21 Å². The Balaban J connectivity index is 4.09. The number of hydrogen-bond donors (Lipinski definition) is 3. The monoisotopic (exact) mass is 214 g/mol. The van der Waals surface area contributed by atoms with Gasteiger partial charge in [-0.15, -0.1) is 13.2 Å². The molecule has 0 aromatic carbocycles. The van der Waals surface area contributed by atoms with Gasteiger partial charge in [0.25, 0.3) is 0 Å². The number of hydrogen-bond acceptors (Lipinski definition) is 3. The number of hydroxylamine groups is 3. The van der Waals surface area contributed by atoms with Gasteiger partial charge < -0.3 is 0 Å². The Labute approximate surface area is 92.8 Å². The van der Waals surface area contributed by atoms with E-state index in [0.717, 1.165) is 13.1 Å². The van der Waals surface area contributed by atoms with E-state index < -0.39 is 0 Å². The van der Waals surface area contributed by atoms with E-state index in [9.17, 15) is 5.21 Å². The van der Waals surface area contributed by atoms with Crippen molar-refractivity contribution in [2.24, 2.45) is 0 Å². The molecule has 0 aliphatic carbocycles. The molecule has 0 saturated heterocycles. The van der Waals surface area contributed by atoms with Gasteiger partial charge in [0.1, 0.15) is 19.3 Å². The molecular formula is C11H24N3O+. The van der Waals surface area contributed by atoms with Crippen LogP contribution in [-0.4, -0.2) is 49.2 Å². The second-order valence-corrected chi connectivity index (χ2v) is 3.78. The molecule has 0 aromatic rings. The second-order valence-electron chi connectivity index (χ2n) is 3.78. The van der Waals surface area contributed by atoms with Crippen LogP contribution in [0.3, 0.4) is 0 Å². The molecule has 0 saturated carbocycles. The van der Waals surface area contributed by atoms with E-state index in [1.807, 2.05) is 6.92 Å². The van der Waals surface area contributed by atoms with Gasteiger partial charge in [0, 0.05) is 13.1 Å². The van der Waals surface area contributed by atoms with Crippen molar-refractivity contribution in [1.82, 2.24) is 10.6 Å². The molecule has 1 unspecified atom stereocenters. The summed E-state index contributed by atoms with van der Waals surface area (Å²) >= 11 is 0. The Morgan fingerprint density at radius 3 is 2.07 bits per heavy atom. The minimum Gasteiger partial charge on any atom is -0.294 e. The lowest BCUT2D eigenvalue weighted by molar-refractivity contribution is -1.09. The molecule has 0 radical (unpaired) electrons. The van der Waals surface area contributed by atoms with Crippen LogP contribution in [0.25, 0.3) is 0 Å². The largest absolute Gasteiger partial charge is 0.294 e. The third-order valence-electron chi connectivity index (χ3n) is 2.27. The van der Waals surface area contributed by atoms with Gasteiger partial charge in [-0.2, -0.15) is 4.65 Å². The van der Waals surface area contributed by atoms with E-state index in [4.69, 9.17) is 0 Å². The lowest BCUT2D eigenvalue weighted by Crippen LogP contribution is -2.55. The first kappa shape index (κ1) is 14.3. The van der Waals surface area contributed by atoms with Crippen LogP contribution in [0.4, 0.5) is 0 Å². The highest BCUT2D eigenvalue weighted by Crippen LogP contribution is 1.96. The zero-order chi connectivity index (χ0) is 11.7. The van der Waals surface area contributed by atoms with Crippen molar-refractivity contribution in [1.29, 1.82) is 0 Å². The first-order chi connectivity index (χ1) is 7.05. The van der Waals surface area contributed by atoms with Crippen molar-refractivity contribution in [3.8, 4) is 0 Å². The zero-order valence-electron chi connectivity index (χ0n) is 9.87. The predicted molar refractivity (Wildman–Crippen MR) is 63.6 cm³/mol. The van der Waals surface area contributed by atoms with Crippen LogP contribution >= 0.6 is 0 Å². The Bertz CT molecular complexity index is 180. The number of likely N-dealkylation sites (N-methyl/N-ethyl adjacent to an activating group) is 1. The third kappa shape index (κ3) is 7.27. The molecule has 0 fully saturated rings. The summed E-state index contributed by atoms with van der Waals surface area (Å²) in [6.45, 7) is 12.0. The van der Waals surface area contributed by atoms with E-state index in [-0.39, 0.29) is 10.8 Å². The molecule has 0 aliphatic heterocycles. The molecule has 0 aromatic heterocycles. The minimum absolute atomic E-state index is 0.00104. The van der Waals surface area contributed by atoms with Gasteiger partial charge in [-0.3, -0.25) is 10.6 Å². The molecule has 4 heteroatoms. The molecule has 0 aliphatic rings. The highest BCUT2D eigenvalue weighted by molar-refractivity contribution is 4.77. The first-order valence-corrected chi connectivity index (χ1v) is 5.31.